The molecule has 0 fully saturated rings. The molecule has 0 saturated carbocycles. The van der Waals surface area contributed by atoms with Gasteiger partial charge in [0.05, 0.1) is 0 Å². The summed E-state index contributed by atoms with van der Waals surface area (Å²) in [6.07, 6.45) is 0. The molecule has 2 heteroatoms. The van der Waals surface area contributed by atoms with Crippen molar-refractivity contribution < 1.29 is 23.6 Å². The van der Waals surface area contributed by atoms with Crippen LogP contribution in [0.25, 0.3) is 44.5 Å². The summed E-state index contributed by atoms with van der Waals surface area (Å²) < 4.78 is 6.29. The van der Waals surface area contributed by atoms with Crippen molar-refractivity contribution in [1.82, 2.24) is 0 Å². The van der Waals surface area contributed by atoms with Crippen molar-refractivity contribution in [3.8, 4) is 50.3 Å². The van der Waals surface area contributed by atoms with Crippen LogP contribution in [0.5, 0.6) is 5.75 Å². The second-order valence-corrected chi connectivity index (χ2v) is 8.20. The predicted octanol–water partition coefficient (Wildman–Crippen LogP) is 8.20. The maximum absolute atomic E-state index is 6.29. The fraction of sp³-hybridized carbons (Fsp3) is 0. The van der Waals surface area contributed by atoms with E-state index in [4.69, 9.17) is 3.39 Å². The average Bonchev–Trinajstić information content (AvgIpc) is 2.89. The Balaban J connectivity index is 1.94. The summed E-state index contributed by atoms with van der Waals surface area (Å²) in [5.41, 5.74) is 9.26. The second-order valence-electron chi connectivity index (χ2n) is 7.60. The van der Waals surface area contributed by atoms with Gasteiger partial charge in [-0.05, 0) is 0 Å². The molecule has 0 aliphatic heterocycles. The number of benzene rings is 5. The van der Waals surface area contributed by atoms with E-state index >= 15 is 0 Å². The van der Waals surface area contributed by atoms with Gasteiger partial charge in [0.1, 0.15) is 0 Å². The Kier molecular flexibility index (Phi) is 6.01. The van der Waals surface area contributed by atoms with E-state index in [-0.39, 0.29) is 0 Å². The van der Waals surface area contributed by atoms with Crippen LogP contribution < -0.4 is 3.39 Å². The van der Waals surface area contributed by atoms with Gasteiger partial charge in [-0.15, -0.1) is 0 Å². The molecular formula is C30H21OW. The third-order valence-electron chi connectivity index (χ3n) is 5.66. The van der Waals surface area contributed by atoms with E-state index in [2.05, 4.69) is 127 Å². The molecule has 0 unspecified atom stereocenters. The van der Waals surface area contributed by atoms with Crippen molar-refractivity contribution in [2.75, 3.05) is 0 Å². The van der Waals surface area contributed by atoms with Crippen molar-refractivity contribution in [3.05, 3.63) is 127 Å². The minimum atomic E-state index is 0.928. The van der Waals surface area contributed by atoms with Gasteiger partial charge in [-0.25, -0.2) is 0 Å². The molecule has 0 aliphatic rings. The van der Waals surface area contributed by atoms with Crippen molar-refractivity contribution in [2.24, 2.45) is 0 Å². The molecule has 5 aromatic carbocycles. The summed E-state index contributed by atoms with van der Waals surface area (Å²) in [7, 11) is 0. The van der Waals surface area contributed by atoms with Gasteiger partial charge in [-0.2, -0.15) is 0 Å². The summed E-state index contributed by atoms with van der Waals surface area (Å²) >= 11 is 1.07. The average molecular weight is 581 g/mol. The van der Waals surface area contributed by atoms with Gasteiger partial charge < -0.3 is 0 Å². The molecule has 1 nitrogen and oxygen atoms in total. The van der Waals surface area contributed by atoms with E-state index in [0.29, 0.717) is 0 Å². The molecule has 0 atom stereocenters. The number of rotatable bonds is 5. The third kappa shape index (κ3) is 3.93. The maximum atomic E-state index is 6.29. The van der Waals surface area contributed by atoms with Crippen molar-refractivity contribution >= 4 is 0 Å². The topological polar surface area (TPSA) is 9.23 Å². The monoisotopic (exact) mass is 581 g/mol. The Labute approximate surface area is 200 Å². The second kappa shape index (κ2) is 9.38. The first kappa shape index (κ1) is 20.5. The Hall–Kier alpha value is -3.41. The van der Waals surface area contributed by atoms with Crippen LogP contribution in [0.3, 0.4) is 0 Å². The summed E-state index contributed by atoms with van der Waals surface area (Å²) in [6, 6.07) is 44.6. The molecule has 0 spiro atoms. The summed E-state index contributed by atoms with van der Waals surface area (Å²) in [5.74, 6) is 0.928. The Bertz CT molecular complexity index is 1210. The fourth-order valence-electron chi connectivity index (χ4n) is 4.22. The van der Waals surface area contributed by atoms with Gasteiger partial charge in [0.15, 0.2) is 0 Å². The van der Waals surface area contributed by atoms with Gasteiger partial charge in [0.2, 0.25) is 0 Å². The molecule has 0 saturated heterocycles. The first-order valence-corrected chi connectivity index (χ1v) is 11.8. The fourth-order valence-corrected chi connectivity index (χ4v) is 4.81. The number of hydrogen-bond acceptors (Lipinski definition) is 1. The van der Waals surface area contributed by atoms with Crippen molar-refractivity contribution in [3.63, 3.8) is 0 Å². The zero-order valence-electron chi connectivity index (χ0n) is 17.4. The molecule has 32 heavy (non-hydrogen) atoms. The van der Waals surface area contributed by atoms with Crippen LogP contribution in [0.2, 0.25) is 0 Å². The van der Waals surface area contributed by atoms with Gasteiger partial charge >= 0.3 is 201 Å². The molecule has 5 aromatic rings. The molecule has 5 rings (SSSR count). The minimum absolute atomic E-state index is 0.928. The molecule has 0 aliphatic carbocycles. The predicted molar refractivity (Wildman–Crippen MR) is 129 cm³/mol. The van der Waals surface area contributed by atoms with Crippen LogP contribution in [-0.4, -0.2) is 0 Å². The summed E-state index contributed by atoms with van der Waals surface area (Å²) in [5, 5.41) is 0. The van der Waals surface area contributed by atoms with E-state index in [9.17, 15) is 0 Å². The SMILES string of the molecule is [W][O]c1c(-c2ccccc2)c(-c2ccccc2)cc(-c2ccccc2)c1-c1ccccc1. The standard InChI is InChI=1S/C30H22O.W/c31-30-28(24-17-9-3-10-18-24)26(22-13-5-1-6-14-22)21-27(23-15-7-2-8-16-23)29(30)25-19-11-4-12-20-25;/h1-21,31H;/q;+1/p-1. The quantitative estimate of drug-likeness (QED) is 0.203. The molecule has 0 amide bonds. The zero-order chi connectivity index (χ0) is 21.8. The van der Waals surface area contributed by atoms with Crippen LogP contribution in [0.15, 0.2) is 127 Å². The van der Waals surface area contributed by atoms with Crippen LogP contribution in [0.1, 0.15) is 0 Å². The third-order valence-corrected chi connectivity index (χ3v) is 6.26. The molecule has 0 radical (unpaired) electrons. The van der Waals surface area contributed by atoms with E-state index in [1.165, 1.54) is 22.3 Å². The molecule has 153 valence electrons. The van der Waals surface area contributed by atoms with Crippen molar-refractivity contribution in [2.45, 2.75) is 0 Å². The first-order chi connectivity index (χ1) is 15.9. The van der Waals surface area contributed by atoms with Gasteiger partial charge in [0.25, 0.3) is 0 Å². The molecule has 0 bridgehead atoms. The van der Waals surface area contributed by atoms with Gasteiger partial charge in [0, 0.05) is 0 Å². The first-order valence-electron chi connectivity index (χ1n) is 10.6. The van der Waals surface area contributed by atoms with Crippen LogP contribution in [-0.2, 0) is 20.2 Å². The number of hydrogen-bond donors (Lipinski definition) is 0. The van der Waals surface area contributed by atoms with Crippen LogP contribution in [0.4, 0.5) is 0 Å². The van der Waals surface area contributed by atoms with E-state index < -0.39 is 0 Å². The Morgan fingerprint density at radius 3 is 1.03 bits per heavy atom. The van der Waals surface area contributed by atoms with Crippen molar-refractivity contribution in [1.29, 1.82) is 0 Å². The van der Waals surface area contributed by atoms with Gasteiger partial charge in [-0.1, -0.05) is 0 Å². The van der Waals surface area contributed by atoms with E-state index in [0.717, 1.165) is 48.2 Å². The van der Waals surface area contributed by atoms with E-state index in [1.54, 1.807) is 0 Å². The summed E-state index contributed by atoms with van der Waals surface area (Å²) in [4.78, 5) is 0. The molecular weight excluding hydrogens is 560 g/mol. The normalized spacial score (nSPS) is 10.6. The molecule has 0 N–H and O–H groups in total. The molecule has 0 heterocycles. The zero-order valence-corrected chi connectivity index (χ0v) is 20.4. The Morgan fingerprint density at radius 2 is 0.719 bits per heavy atom. The summed E-state index contributed by atoms with van der Waals surface area (Å²) in [6.45, 7) is 0. The van der Waals surface area contributed by atoms with Gasteiger partial charge in [-0.3, -0.25) is 0 Å². The Morgan fingerprint density at radius 1 is 0.406 bits per heavy atom. The molecule has 0 aromatic heterocycles. The van der Waals surface area contributed by atoms with E-state index in [1.807, 2.05) is 0 Å². The van der Waals surface area contributed by atoms with Crippen LogP contribution >= 0.6 is 0 Å². The van der Waals surface area contributed by atoms with Crippen LogP contribution in [0, 0.1) is 0 Å².